The Morgan fingerprint density at radius 2 is 2.19 bits per heavy atom. The molecule has 0 aliphatic carbocycles. The Balaban J connectivity index is 1.94. The van der Waals surface area contributed by atoms with Crippen molar-refractivity contribution in [3.63, 3.8) is 0 Å². The molecule has 1 aromatic carbocycles. The second-order valence-electron chi connectivity index (χ2n) is 4.53. The average Bonchev–Trinajstić information content (AvgIpc) is 3.05. The van der Waals surface area contributed by atoms with Gasteiger partial charge in [0, 0.05) is 6.61 Å². The van der Waals surface area contributed by atoms with Crippen molar-refractivity contribution < 1.29 is 27.7 Å². The molecular formula is C11H11N3O6S. The fourth-order valence-corrected chi connectivity index (χ4v) is 3.64. The minimum atomic E-state index is -3.96. The molecule has 1 fully saturated rings. The van der Waals surface area contributed by atoms with Gasteiger partial charge in [-0.05, 0) is 28.9 Å². The molecule has 2 atom stereocenters. The van der Waals surface area contributed by atoms with Gasteiger partial charge in [-0.1, -0.05) is 6.07 Å². The molecule has 0 unspecified atom stereocenters. The van der Waals surface area contributed by atoms with Crippen molar-refractivity contribution in [1.82, 2.24) is 15.0 Å². The summed E-state index contributed by atoms with van der Waals surface area (Å²) in [5.41, 5.74) is 0.395. The number of aliphatic carboxylic acids is 1. The highest BCUT2D eigenvalue weighted by atomic mass is 32.2. The lowest BCUT2D eigenvalue weighted by Crippen LogP contribution is -2.44. The highest BCUT2D eigenvalue weighted by Gasteiger charge is 2.37. The van der Waals surface area contributed by atoms with Crippen LogP contribution in [0.15, 0.2) is 27.7 Å². The van der Waals surface area contributed by atoms with Crippen molar-refractivity contribution in [3.05, 3.63) is 18.2 Å². The second-order valence-corrected chi connectivity index (χ2v) is 6.22. The van der Waals surface area contributed by atoms with Gasteiger partial charge in [0.25, 0.3) is 0 Å². The van der Waals surface area contributed by atoms with Gasteiger partial charge in [0.1, 0.15) is 10.4 Å². The number of hydrogen-bond acceptors (Lipinski definition) is 7. The predicted molar refractivity (Wildman–Crippen MR) is 67.9 cm³/mol. The zero-order valence-corrected chi connectivity index (χ0v) is 11.4. The molecule has 1 aliphatic heterocycles. The third-order valence-electron chi connectivity index (χ3n) is 3.18. The molecule has 1 aliphatic rings. The molecule has 0 radical (unpaired) electrons. The van der Waals surface area contributed by atoms with E-state index < -0.39 is 28.1 Å². The van der Waals surface area contributed by atoms with Crippen LogP contribution in [-0.2, 0) is 19.6 Å². The number of carbonyl (C=O) groups is 1. The maximum atomic E-state index is 12.4. The second kappa shape index (κ2) is 5.06. The zero-order chi connectivity index (χ0) is 15.0. The Labute approximate surface area is 118 Å². The van der Waals surface area contributed by atoms with E-state index in [2.05, 4.69) is 19.7 Å². The average molecular weight is 313 g/mol. The van der Waals surface area contributed by atoms with E-state index in [1.54, 1.807) is 6.07 Å². The van der Waals surface area contributed by atoms with Crippen LogP contribution in [0.1, 0.15) is 6.42 Å². The van der Waals surface area contributed by atoms with Crippen LogP contribution in [0.4, 0.5) is 0 Å². The summed E-state index contributed by atoms with van der Waals surface area (Å²) in [5.74, 6) is -1.21. The lowest BCUT2D eigenvalue weighted by Gasteiger charge is -2.16. The minimum Gasteiger partial charge on any atom is -0.479 e. The van der Waals surface area contributed by atoms with E-state index in [-0.39, 0.29) is 23.4 Å². The number of nitrogens with one attached hydrogen (secondary N) is 1. The third-order valence-corrected chi connectivity index (χ3v) is 4.70. The van der Waals surface area contributed by atoms with E-state index in [1.165, 1.54) is 12.1 Å². The molecular weight excluding hydrogens is 302 g/mol. The van der Waals surface area contributed by atoms with Crippen molar-refractivity contribution >= 4 is 27.0 Å². The van der Waals surface area contributed by atoms with E-state index in [4.69, 9.17) is 9.84 Å². The van der Waals surface area contributed by atoms with Crippen LogP contribution in [-0.4, -0.2) is 48.6 Å². The number of hydrogen-bond donors (Lipinski definition) is 2. The molecule has 0 saturated carbocycles. The van der Waals surface area contributed by atoms with Crippen LogP contribution in [0, 0.1) is 0 Å². The van der Waals surface area contributed by atoms with Crippen molar-refractivity contribution in [2.75, 3.05) is 6.61 Å². The number of rotatable bonds is 4. The first-order valence-corrected chi connectivity index (χ1v) is 7.55. The standard InChI is InChI=1S/C11H11N3O6S/c15-11(16)10-7(4-5-19-10)14-21(17,18)8-3-1-2-6-9(8)13-20-12-6/h1-3,7,10,14H,4-5H2,(H,15,16)/t7-,10+/m0/s1. The SMILES string of the molecule is O=C(O)[C@@H]1OCC[C@@H]1NS(=O)(=O)c1cccc2nonc12. The Morgan fingerprint density at radius 3 is 2.95 bits per heavy atom. The lowest BCUT2D eigenvalue weighted by atomic mass is 10.1. The fourth-order valence-electron chi connectivity index (χ4n) is 2.21. The number of fused-ring (bicyclic) bond motifs is 1. The van der Waals surface area contributed by atoms with Crippen molar-refractivity contribution in [2.45, 2.75) is 23.5 Å². The van der Waals surface area contributed by atoms with Gasteiger partial charge >= 0.3 is 5.97 Å². The van der Waals surface area contributed by atoms with Gasteiger partial charge < -0.3 is 9.84 Å². The number of aromatic nitrogens is 2. The van der Waals surface area contributed by atoms with Crippen LogP contribution >= 0.6 is 0 Å². The van der Waals surface area contributed by atoms with E-state index in [0.29, 0.717) is 5.52 Å². The molecule has 3 rings (SSSR count). The summed E-state index contributed by atoms with van der Waals surface area (Å²) in [6.07, 6.45) is -0.919. The van der Waals surface area contributed by atoms with Gasteiger partial charge in [-0.3, -0.25) is 0 Å². The quantitative estimate of drug-likeness (QED) is 0.789. The molecule has 1 aromatic heterocycles. The molecule has 9 nitrogen and oxygen atoms in total. The summed E-state index contributed by atoms with van der Waals surface area (Å²) in [7, 11) is -3.96. The summed E-state index contributed by atoms with van der Waals surface area (Å²) in [4.78, 5) is 10.9. The zero-order valence-electron chi connectivity index (χ0n) is 10.6. The molecule has 1 saturated heterocycles. The van der Waals surface area contributed by atoms with Crippen molar-refractivity contribution in [2.24, 2.45) is 0 Å². The van der Waals surface area contributed by atoms with E-state index >= 15 is 0 Å². The maximum absolute atomic E-state index is 12.4. The summed E-state index contributed by atoms with van der Waals surface area (Å²) >= 11 is 0. The number of sulfonamides is 1. The molecule has 2 aromatic rings. The van der Waals surface area contributed by atoms with Gasteiger partial charge in [0.15, 0.2) is 11.6 Å². The first-order valence-electron chi connectivity index (χ1n) is 6.07. The van der Waals surface area contributed by atoms with Gasteiger partial charge in [0.2, 0.25) is 10.0 Å². The summed E-state index contributed by atoms with van der Waals surface area (Å²) < 4.78 is 36.7. The first-order chi connectivity index (χ1) is 9.99. The van der Waals surface area contributed by atoms with Crippen LogP contribution in [0.3, 0.4) is 0 Å². The molecule has 112 valence electrons. The Bertz CT molecular complexity index is 786. The van der Waals surface area contributed by atoms with E-state index in [0.717, 1.165) is 0 Å². The molecule has 10 heteroatoms. The van der Waals surface area contributed by atoms with Gasteiger partial charge in [-0.2, -0.15) is 0 Å². The monoisotopic (exact) mass is 313 g/mol. The molecule has 2 heterocycles. The fraction of sp³-hybridized carbons (Fsp3) is 0.364. The first kappa shape index (κ1) is 13.9. The largest absolute Gasteiger partial charge is 0.479 e. The van der Waals surface area contributed by atoms with Crippen LogP contribution in [0.5, 0.6) is 0 Å². The highest BCUT2D eigenvalue weighted by Crippen LogP contribution is 2.22. The normalized spacial score (nSPS) is 22.7. The topological polar surface area (TPSA) is 132 Å². The van der Waals surface area contributed by atoms with Crippen molar-refractivity contribution in [3.8, 4) is 0 Å². The van der Waals surface area contributed by atoms with E-state index in [1.807, 2.05) is 0 Å². The number of benzene rings is 1. The number of nitrogens with zero attached hydrogens (tertiary/aromatic N) is 2. The van der Waals surface area contributed by atoms with Crippen LogP contribution in [0.2, 0.25) is 0 Å². The molecule has 0 bridgehead atoms. The van der Waals surface area contributed by atoms with E-state index in [9.17, 15) is 13.2 Å². The Hall–Kier alpha value is -2.04. The number of carboxylic acids is 1. The van der Waals surface area contributed by atoms with Gasteiger partial charge in [-0.15, -0.1) is 0 Å². The Kier molecular flexibility index (Phi) is 3.35. The third kappa shape index (κ3) is 2.48. The number of carboxylic acid groups (broad SMARTS) is 1. The minimum absolute atomic E-state index is 0.0933. The van der Waals surface area contributed by atoms with Crippen molar-refractivity contribution in [1.29, 1.82) is 0 Å². The molecule has 0 amide bonds. The van der Waals surface area contributed by atoms with Gasteiger partial charge in [0.05, 0.1) is 6.04 Å². The smallest absolute Gasteiger partial charge is 0.334 e. The highest BCUT2D eigenvalue weighted by molar-refractivity contribution is 7.89. The van der Waals surface area contributed by atoms with Crippen LogP contribution < -0.4 is 4.72 Å². The van der Waals surface area contributed by atoms with Crippen LogP contribution in [0.25, 0.3) is 11.0 Å². The molecule has 0 spiro atoms. The molecule has 21 heavy (non-hydrogen) atoms. The summed E-state index contributed by atoms with van der Waals surface area (Å²) in [6, 6.07) is 3.58. The molecule has 2 N–H and O–H groups in total. The lowest BCUT2D eigenvalue weighted by molar-refractivity contribution is -0.147. The number of ether oxygens (including phenoxy) is 1. The summed E-state index contributed by atoms with van der Waals surface area (Å²) in [5, 5.41) is 16.1. The predicted octanol–water partition coefficient (Wildman–Crippen LogP) is -0.257. The Morgan fingerprint density at radius 1 is 1.38 bits per heavy atom. The summed E-state index contributed by atoms with van der Waals surface area (Å²) in [6.45, 7) is 0.180. The maximum Gasteiger partial charge on any atom is 0.334 e. The van der Waals surface area contributed by atoms with Gasteiger partial charge in [-0.25, -0.2) is 22.6 Å².